The van der Waals surface area contributed by atoms with E-state index >= 15 is 0 Å². The van der Waals surface area contributed by atoms with Crippen LogP contribution in [0.2, 0.25) is 0 Å². The molecule has 4 aliphatic carbocycles. The number of aliphatic hydroxyl groups is 1. The third-order valence-electron chi connectivity index (χ3n) is 8.15. The molecule has 4 saturated carbocycles. The summed E-state index contributed by atoms with van der Waals surface area (Å²) in [7, 11) is 0. The van der Waals surface area contributed by atoms with Crippen LogP contribution in [-0.4, -0.2) is 23.3 Å². The Bertz CT molecular complexity index is 476. The van der Waals surface area contributed by atoms with Crippen molar-refractivity contribution in [2.24, 2.45) is 35.0 Å². The quantitative estimate of drug-likeness (QED) is 0.745. The van der Waals surface area contributed by atoms with Gasteiger partial charge in [0.25, 0.3) is 0 Å². The standard InChI is InChI=1S/C20H32O3/c1-12(21)23-19-8-7-18-17-5-3-13-11-14(22)4-6-15(13)16(17)9-10-20(18,19)2/h13-19,22H,3-11H2,1-2H3/t13-,14+,15-,16+,17+,18-,19-,20-/m0/s1. The molecular formula is C20H32O3. The van der Waals surface area contributed by atoms with Crippen molar-refractivity contribution in [2.45, 2.75) is 83.8 Å². The fourth-order valence-electron chi connectivity index (χ4n) is 7.17. The first-order valence-electron chi connectivity index (χ1n) is 9.84. The summed E-state index contributed by atoms with van der Waals surface area (Å²) in [4.78, 5) is 11.5. The van der Waals surface area contributed by atoms with Gasteiger partial charge in [0.05, 0.1) is 6.10 Å². The zero-order valence-corrected chi connectivity index (χ0v) is 14.7. The smallest absolute Gasteiger partial charge is 0.302 e. The highest BCUT2D eigenvalue weighted by molar-refractivity contribution is 5.66. The second-order valence-corrected chi connectivity index (χ2v) is 9.12. The van der Waals surface area contributed by atoms with Gasteiger partial charge in [0.15, 0.2) is 0 Å². The van der Waals surface area contributed by atoms with Gasteiger partial charge >= 0.3 is 5.97 Å². The molecule has 3 heteroatoms. The largest absolute Gasteiger partial charge is 0.462 e. The Morgan fingerprint density at radius 2 is 1.78 bits per heavy atom. The minimum atomic E-state index is -0.107. The number of carbonyl (C=O) groups excluding carboxylic acids is 1. The van der Waals surface area contributed by atoms with Crippen molar-refractivity contribution in [3.63, 3.8) is 0 Å². The molecular weight excluding hydrogens is 288 g/mol. The zero-order chi connectivity index (χ0) is 16.2. The third kappa shape index (κ3) is 2.54. The van der Waals surface area contributed by atoms with E-state index in [1.165, 1.54) is 38.5 Å². The molecule has 3 nitrogen and oxygen atoms in total. The molecule has 0 unspecified atom stereocenters. The van der Waals surface area contributed by atoms with Gasteiger partial charge in [-0.05, 0) is 87.4 Å². The van der Waals surface area contributed by atoms with E-state index in [-0.39, 0.29) is 23.6 Å². The number of rotatable bonds is 1. The van der Waals surface area contributed by atoms with Gasteiger partial charge in [-0.3, -0.25) is 4.79 Å². The average Bonchev–Trinajstić information content (AvgIpc) is 2.83. The Kier molecular flexibility index (Phi) is 3.98. The van der Waals surface area contributed by atoms with Crippen LogP contribution in [0, 0.1) is 35.0 Å². The second-order valence-electron chi connectivity index (χ2n) is 9.12. The lowest BCUT2D eigenvalue weighted by molar-refractivity contribution is -0.157. The predicted molar refractivity (Wildman–Crippen MR) is 88.7 cm³/mol. The van der Waals surface area contributed by atoms with E-state index in [1.807, 2.05) is 0 Å². The highest BCUT2D eigenvalue weighted by Crippen LogP contribution is 2.62. The molecule has 130 valence electrons. The molecule has 0 spiro atoms. The minimum Gasteiger partial charge on any atom is -0.462 e. The lowest BCUT2D eigenvalue weighted by atomic mass is 9.50. The van der Waals surface area contributed by atoms with Gasteiger partial charge < -0.3 is 9.84 Å². The van der Waals surface area contributed by atoms with E-state index in [1.54, 1.807) is 6.92 Å². The van der Waals surface area contributed by atoms with E-state index in [9.17, 15) is 9.90 Å². The first kappa shape index (κ1) is 15.9. The molecule has 0 radical (unpaired) electrons. The number of aliphatic hydroxyl groups excluding tert-OH is 1. The Labute approximate surface area is 140 Å². The molecule has 0 aliphatic heterocycles. The number of esters is 1. The Hall–Kier alpha value is -0.570. The molecule has 0 saturated heterocycles. The van der Waals surface area contributed by atoms with Crippen LogP contribution in [0.15, 0.2) is 0 Å². The summed E-state index contributed by atoms with van der Waals surface area (Å²) in [5, 5.41) is 10.0. The predicted octanol–water partition coefficient (Wildman–Crippen LogP) is 3.93. The van der Waals surface area contributed by atoms with Crippen LogP contribution in [0.1, 0.15) is 71.6 Å². The van der Waals surface area contributed by atoms with Crippen molar-refractivity contribution in [3.05, 3.63) is 0 Å². The van der Waals surface area contributed by atoms with Gasteiger partial charge in [0.1, 0.15) is 6.10 Å². The molecule has 0 bridgehead atoms. The fourth-order valence-corrected chi connectivity index (χ4v) is 7.17. The number of fused-ring (bicyclic) bond motifs is 5. The van der Waals surface area contributed by atoms with Gasteiger partial charge in [-0.25, -0.2) is 0 Å². The first-order valence-corrected chi connectivity index (χ1v) is 9.84. The molecule has 23 heavy (non-hydrogen) atoms. The summed E-state index contributed by atoms with van der Waals surface area (Å²) in [5.74, 6) is 3.98. The molecule has 0 aromatic rings. The van der Waals surface area contributed by atoms with E-state index < -0.39 is 0 Å². The van der Waals surface area contributed by atoms with E-state index in [0.29, 0.717) is 0 Å². The molecule has 4 aliphatic rings. The van der Waals surface area contributed by atoms with E-state index in [0.717, 1.165) is 48.9 Å². The monoisotopic (exact) mass is 320 g/mol. The van der Waals surface area contributed by atoms with Crippen LogP contribution >= 0.6 is 0 Å². The van der Waals surface area contributed by atoms with Gasteiger partial charge in [0.2, 0.25) is 0 Å². The molecule has 8 atom stereocenters. The van der Waals surface area contributed by atoms with Crippen molar-refractivity contribution in [3.8, 4) is 0 Å². The number of hydrogen-bond acceptors (Lipinski definition) is 3. The normalized spacial score (nSPS) is 52.2. The summed E-state index contributed by atoms with van der Waals surface area (Å²) >= 11 is 0. The second kappa shape index (κ2) is 5.75. The van der Waals surface area contributed by atoms with E-state index in [4.69, 9.17) is 4.74 Å². The topological polar surface area (TPSA) is 46.5 Å². The average molecular weight is 320 g/mol. The maximum absolute atomic E-state index is 11.5. The summed E-state index contributed by atoms with van der Waals surface area (Å²) in [6, 6.07) is 0. The third-order valence-corrected chi connectivity index (χ3v) is 8.15. The van der Waals surface area contributed by atoms with Crippen LogP contribution in [0.25, 0.3) is 0 Å². The molecule has 0 aromatic carbocycles. The highest BCUT2D eigenvalue weighted by atomic mass is 16.5. The van der Waals surface area contributed by atoms with Gasteiger partial charge in [-0.1, -0.05) is 6.92 Å². The van der Waals surface area contributed by atoms with Crippen molar-refractivity contribution in [1.29, 1.82) is 0 Å². The molecule has 0 amide bonds. The lowest BCUT2D eigenvalue weighted by Gasteiger charge is -2.55. The maximum atomic E-state index is 11.5. The van der Waals surface area contributed by atoms with Gasteiger partial charge in [0, 0.05) is 12.3 Å². The Morgan fingerprint density at radius 3 is 2.57 bits per heavy atom. The summed E-state index contributed by atoms with van der Waals surface area (Å²) in [5.41, 5.74) is 0.216. The van der Waals surface area contributed by atoms with Crippen molar-refractivity contribution in [1.82, 2.24) is 0 Å². The van der Waals surface area contributed by atoms with Crippen LogP contribution in [-0.2, 0) is 9.53 Å². The first-order chi connectivity index (χ1) is 11.0. The number of carbonyl (C=O) groups is 1. The van der Waals surface area contributed by atoms with Crippen molar-refractivity contribution < 1.29 is 14.6 Å². The van der Waals surface area contributed by atoms with Crippen molar-refractivity contribution in [2.75, 3.05) is 0 Å². The number of hydrogen-bond donors (Lipinski definition) is 1. The molecule has 4 rings (SSSR count). The summed E-state index contributed by atoms with van der Waals surface area (Å²) in [6.45, 7) is 3.95. The lowest BCUT2D eigenvalue weighted by Crippen LogP contribution is -2.50. The summed E-state index contributed by atoms with van der Waals surface area (Å²) in [6.07, 6.45) is 10.9. The van der Waals surface area contributed by atoms with Gasteiger partial charge in [-0.2, -0.15) is 0 Å². The van der Waals surface area contributed by atoms with Crippen LogP contribution < -0.4 is 0 Å². The van der Waals surface area contributed by atoms with Gasteiger partial charge in [-0.15, -0.1) is 0 Å². The zero-order valence-electron chi connectivity index (χ0n) is 14.7. The molecule has 0 aromatic heterocycles. The van der Waals surface area contributed by atoms with E-state index in [2.05, 4.69) is 6.92 Å². The molecule has 0 heterocycles. The molecule has 1 N–H and O–H groups in total. The van der Waals surface area contributed by atoms with Crippen LogP contribution in [0.5, 0.6) is 0 Å². The maximum Gasteiger partial charge on any atom is 0.302 e. The summed E-state index contributed by atoms with van der Waals surface area (Å²) < 4.78 is 5.71. The van der Waals surface area contributed by atoms with Crippen LogP contribution in [0.3, 0.4) is 0 Å². The van der Waals surface area contributed by atoms with Crippen molar-refractivity contribution >= 4 is 5.97 Å². The minimum absolute atomic E-state index is 0.0403. The van der Waals surface area contributed by atoms with Crippen LogP contribution in [0.4, 0.5) is 0 Å². The fraction of sp³-hybridized carbons (Fsp3) is 0.950. The Morgan fingerprint density at radius 1 is 1.00 bits per heavy atom. The number of ether oxygens (including phenoxy) is 1. The Balaban J connectivity index is 1.52. The molecule has 4 fully saturated rings. The SMILES string of the molecule is CC(=O)O[C@H]1CC[C@H]2[C@@H]3CC[C@H]4C[C@H](O)CC[C@@H]4[C@H]3CC[C@]12C. The highest BCUT2D eigenvalue weighted by Gasteiger charge is 2.58.